The van der Waals surface area contributed by atoms with Gasteiger partial charge in [0.2, 0.25) is 0 Å². The van der Waals surface area contributed by atoms with Crippen molar-refractivity contribution < 1.29 is 23.6 Å². The van der Waals surface area contributed by atoms with Gasteiger partial charge in [0.1, 0.15) is 5.60 Å². The van der Waals surface area contributed by atoms with Crippen molar-refractivity contribution in [1.82, 2.24) is 9.80 Å². The van der Waals surface area contributed by atoms with Gasteiger partial charge in [0, 0.05) is 32.2 Å². The van der Waals surface area contributed by atoms with Gasteiger partial charge in [-0.1, -0.05) is 39.8 Å². The molecular formula is C39H69N3O5Si. The fourth-order valence-corrected chi connectivity index (χ4v) is 12.2. The molecule has 0 N–H and O–H groups in total. The first-order valence-electron chi connectivity index (χ1n) is 19.3. The fourth-order valence-electron chi connectivity index (χ4n) is 10.8. The number of carbonyl (C=O) groups excluding carboxylic acids is 2. The monoisotopic (exact) mass is 688 g/mol. The van der Waals surface area contributed by atoms with Gasteiger partial charge in [0.05, 0.1) is 11.8 Å². The van der Waals surface area contributed by atoms with E-state index in [-0.39, 0.29) is 22.6 Å². The third-order valence-corrected chi connectivity index (χ3v) is 19.0. The topological polar surface area (TPSA) is 80.7 Å². The summed E-state index contributed by atoms with van der Waals surface area (Å²) in [6.07, 6.45) is 12.8. The van der Waals surface area contributed by atoms with Crippen molar-refractivity contribution >= 4 is 26.2 Å². The van der Waals surface area contributed by atoms with Gasteiger partial charge in [-0.05, 0) is 151 Å². The molecule has 0 aromatic rings. The summed E-state index contributed by atoms with van der Waals surface area (Å²) >= 11 is 0. The molecule has 9 heteroatoms. The Bertz CT molecular complexity index is 1220. The van der Waals surface area contributed by atoms with Crippen LogP contribution in [0.2, 0.25) is 18.1 Å². The maximum atomic E-state index is 13.1. The average molecular weight is 688 g/mol. The molecule has 9 atom stereocenters. The zero-order valence-electron chi connectivity index (χ0n) is 32.6. The number of likely N-dealkylation sites (tertiary alicyclic amines) is 1. The highest BCUT2D eigenvalue weighted by Crippen LogP contribution is 2.67. The Labute approximate surface area is 293 Å². The summed E-state index contributed by atoms with van der Waals surface area (Å²) < 4.78 is 12.6. The van der Waals surface area contributed by atoms with Crippen molar-refractivity contribution in [3.8, 4) is 0 Å². The number of ether oxygens (including phenoxy) is 1. The van der Waals surface area contributed by atoms with E-state index in [1.54, 1.807) is 16.8 Å². The van der Waals surface area contributed by atoms with Gasteiger partial charge in [-0.15, -0.1) is 0 Å². The number of oxime groups is 1. The second-order valence-corrected chi connectivity index (χ2v) is 24.3. The Kier molecular flexibility index (Phi) is 10.6. The minimum Gasteiger partial charge on any atom is -0.444 e. The predicted molar refractivity (Wildman–Crippen MR) is 195 cm³/mol. The van der Waals surface area contributed by atoms with Crippen molar-refractivity contribution in [3.05, 3.63) is 0 Å². The van der Waals surface area contributed by atoms with Crippen molar-refractivity contribution in [3.63, 3.8) is 0 Å². The highest BCUT2D eigenvalue weighted by atomic mass is 28.4. The van der Waals surface area contributed by atoms with Crippen LogP contribution in [0.4, 0.5) is 9.59 Å². The van der Waals surface area contributed by atoms with E-state index in [9.17, 15) is 9.59 Å². The number of hydrogen-bond acceptors (Lipinski definition) is 6. The molecule has 4 saturated carbocycles. The molecule has 5 fully saturated rings. The maximum Gasteiger partial charge on any atom is 0.435 e. The van der Waals surface area contributed by atoms with Crippen LogP contribution in [0.1, 0.15) is 133 Å². The van der Waals surface area contributed by atoms with Gasteiger partial charge in [-0.25, -0.2) is 9.59 Å². The van der Waals surface area contributed by atoms with Crippen molar-refractivity contribution in [1.29, 1.82) is 0 Å². The smallest absolute Gasteiger partial charge is 0.435 e. The number of fused-ring (bicyclic) bond motifs is 5. The molecule has 1 heterocycles. The Hall–Kier alpha value is -1.61. The molecule has 48 heavy (non-hydrogen) atoms. The standard InChI is InChI=1S/C39H69N3O5Si/c1-26(40-46-34(43)41(10)25-28-14-13-23-42(28)35(44)45-36(2,3)4)31-17-18-32-30-16-15-27-24-29(47-48(11,12)37(5,6)7)19-21-38(27,8)33(30)20-22-39(31,32)9/h27-33H,13-25H2,1-12H3/b40-26+/t27?,28-,29+,30-,31+,32-,33-,38-,39+/m0/s1. The molecule has 5 rings (SSSR count). The van der Waals surface area contributed by atoms with E-state index in [0.717, 1.165) is 42.7 Å². The molecule has 0 aromatic heterocycles. The van der Waals surface area contributed by atoms with Gasteiger partial charge in [-0.2, -0.15) is 0 Å². The third-order valence-electron chi connectivity index (χ3n) is 14.5. The van der Waals surface area contributed by atoms with E-state index >= 15 is 0 Å². The Balaban J connectivity index is 1.17. The lowest BCUT2D eigenvalue weighted by Crippen LogP contribution is -2.55. The summed E-state index contributed by atoms with van der Waals surface area (Å²) in [5.41, 5.74) is 1.04. The lowest BCUT2D eigenvalue weighted by Gasteiger charge is -2.61. The summed E-state index contributed by atoms with van der Waals surface area (Å²) in [6.45, 7) is 25.8. The molecule has 1 unspecified atom stereocenters. The summed E-state index contributed by atoms with van der Waals surface area (Å²) in [5.74, 6) is 3.43. The number of nitrogens with zero attached hydrogens (tertiary/aromatic N) is 3. The van der Waals surface area contributed by atoms with E-state index in [4.69, 9.17) is 14.0 Å². The van der Waals surface area contributed by atoms with Crippen LogP contribution in [0.25, 0.3) is 0 Å². The minimum atomic E-state index is -1.76. The molecule has 2 amide bonds. The van der Waals surface area contributed by atoms with E-state index in [0.29, 0.717) is 36.4 Å². The molecular weight excluding hydrogens is 619 g/mol. The van der Waals surface area contributed by atoms with E-state index in [1.807, 2.05) is 20.8 Å². The van der Waals surface area contributed by atoms with E-state index in [2.05, 4.69) is 59.8 Å². The summed E-state index contributed by atoms with van der Waals surface area (Å²) in [6, 6.07) is -0.0797. The molecule has 0 aromatic carbocycles. The maximum absolute atomic E-state index is 13.1. The summed E-state index contributed by atoms with van der Waals surface area (Å²) in [5, 5.41) is 4.75. The zero-order chi connectivity index (χ0) is 35.4. The first-order chi connectivity index (χ1) is 22.2. The molecule has 8 nitrogen and oxygen atoms in total. The molecule has 1 aliphatic heterocycles. The number of amides is 2. The second kappa shape index (κ2) is 13.5. The third kappa shape index (κ3) is 7.38. The number of hydrogen-bond donors (Lipinski definition) is 0. The number of carbonyl (C=O) groups is 2. The normalized spacial score (nSPS) is 37.4. The Morgan fingerprint density at radius 2 is 1.58 bits per heavy atom. The molecule has 4 aliphatic carbocycles. The molecule has 0 bridgehead atoms. The Morgan fingerprint density at radius 1 is 0.917 bits per heavy atom. The summed E-state index contributed by atoms with van der Waals surface area (Å²) in [4.78, 5) is 34.7. The fraction of sp³-hybridized carbons (Fsp3) is 0.923. The van der Waals surface area contributed by atoms with Gasteiger partial charge >= 0.3 is 12.2 Å². The molecule has 0 spiro atoms. The first-order valence-corrected chi connectivity index (χ1v) is 22.2. The largest absolute Gasteiger partial charge is 0.444 e. The molecule has 274 valence electrons. The highest BCUT2D eigenvalue weighted by molar-refractivity contribution is 6.74. The lowest BCUT2D eigenvalue weighted by atomic mass is 9.44. The van der Waals surface area contributed by atoms with Gasteiger partial charge in [0.25, 0.3) is 0 Å². The van der Waals surface area contributed by atoms with Crippen molar-refractivity contribution in [2.24, 2.45) is 45.6 Å². The molecule has 5 aliphatic rings. The van der Waals surface area contributed by atoms with Gasteiger partial charge in [-0.3, -0.25) is 4.84 Å². The predicted octanol–water partition coefficient (Wildman–Crippen LogP) is 9.88. The number of likely N-dealkylation sites (N-methyl/N-ethyl adjacent to an activating group) is 1. The minimum absolute atomic E-state index is 0.0797. The van der Waals surface area contributed by atoms with Crippen LogP contribution >= 0.6 is 0 Å². The lowest BCUT2D eigenvalue weighted by molar-refractivity contribution is -0.122. The van der Waals surface area contributed by atoms with E-state index in [1.165, 1.54) is 51.4 Å². The second-order valence-electron chi connectivity index (χ2n) is 19.5. The quantitative estimate of drug-likeness (QED) is 0.120. The van der Waals surface area contributed by atoms with Crippen molar-refractivity contribution in [2.45, 2.75) is 169 Å². The van der Waals surface area contributed by atoms with Gasteiger partial charge in [0.15, 0.2) is 8.32 Å². The van der Waals surface area contributed by atoms with Crippen LogP contribution < -0.4 is 0 Å². The van der Waals surface area contributed by atoms with Crippen molar-refractivity contribution in [2.75, 3.05) is 20.1 Å². The van der Waals surface area contributed by atoms with Crippen LogP contribution in [0.15, 0.2) is 5.16 Å². The van der Waals surface area contributed by atoms with Crippen LogP contribution in [0.3, 0.4) is 0 Å². The Morgan fingerprint density at radius 3 is 2.25 bits per heavy atom. The first kappa shape index (κ1) is 37.6. The zero-order valence-corrected chi connectivity index (χ0v) is 33.6. The van der Waals surface area contributed by atoms with Gasteiger partial charge < -0.3 is 19.0 Å². The average Bonchev–Trinajstić information content (AvgIpc) is 3.58. The molecule has 1 saturated heterocycles. The SMILES string of the molecule is C/C(=N\OC(=O)N(C)C[C@@H]1CCCN1C(=O)OC(C)(C)C)[C@H]1CC[C@H]2[C@@H]3CCC4C[C@H](O[Si](C)(C)C(C)(C)C)CC[C@]4(C)[C@H]3CC[C@]12C. The molecule has 0 radical (unpaired) electrons. The van der Waals surface area contributed by atoms with Crippen LogP contribution in [-0.2, 0) is 14.0 Å². The van der Waals surface area contributed by atoms with Crippen LogP contribution in [0, 0.1) is 40.4 Å². The van der Waals surface area contributed by atoms with Crippen LogP contribution in [-0.4, -0.2) is 73.9 Å². The highest BCUT2D eigenvalue weighted by Gasteiger charge is 2.61. The number of rotatable bonds is 6. The summed E-state index contributed by atoms with van der Waals surface area (Å²) in [7, 11) is -0.0282. The van der Waals surface area contributed by atoms with E-state index < -0.39 is 20.0 Å². The van der Waals surface area contributed by atoms with Crippen LogP contribution in [0.5, 0.6) is 0 Å².